The van der Waals surface area contributed by atoms with Crippen LogP contribution in [0.2, 0.25) is 10.2 Å². The fourth-order valence-electron chi connectivity index (χ4n) is 2.30. The zero-order valence-corrected chi connectivity index (χ0v) is 13.3. The summed E-state index contributed by atoms with van der Waals surface area (Å²) in [5.41, 5.74) is 0.364. The molecule has 0 spiro atoms. The second kappa shape index (κ2) is 6.50. The molecule has 4 nitrogen and oxygen atoms in total. The topological polar surface area (TPSA) is 54.9 Å². The number of aromatic nitrogens is 2. The van der Waals surface area contributed by atoms with Gasteiger partial charge in [-0.05, 0) is 31.0 Å². The summed E-state index contributed by atoms with van der Waals surface area (Å²) in [6, 6.07) is 6.68. The molecular formula is C15H16Cl2N2O2. The zero-order valence-electron chi connectivity index (χ0n) is 11.8. The third-order valence-electron chi connectivity index (χ3n) is 3.40. The number of rotatable bonds is 4. The van der Waals surface area contributed by atoms with Crippen molar-refractivity contribution >= 4 is 23.2 Å². The van der Waals surface area contributed by atoms with Gasteiger partial charge in [-0.1, -0.05) is 48.7 Å². The summed E-state index contributed by atoms with van der Waals surface area (Å²) in [6.07, 6.45) is 1.29. The molecule has 6 heteroatoms. The van der Waals surface area contributed by atoms with E-state index in [1.165, 1.54) is 4.57 Å². The summed E-state index contributed by atoms with van der Waals surface area (Å²) in [5.74, 6) is 0. The van der Waals surface area contributed by atoms with E-state index in [-0.39, 0.29) is 10.7 Å². The largest absolute Gasteiger partial charge is 0.330 e. The van der Waals surface area contributed by atoms with Crippen LogP contribution < -0.4 is 11.2 Å². The fraction of sp³-hybridized carbons (Fsp3) is 0.333. The molecule has 0 bridgehead atoms. The van der Waals surface area contributed by atoms with E-state index >= 15 is 0 Å². The Labute approximate surface area is 132 Å². The summed E-state index contributed by atoms with van der Waals surface area (Å²) < 4.78 is 1.18. The lowest BCUT2D eigenvalue weighted by Crippen LogP contribution is -2.39. The number of halogens is 2. The third kappa shape index (κ3) is 3.22. The Kier molecular flexibility index (Phi) is 4.91. The Bertz CT molecular complexity index is 765. The van der Waals surface area contributed by atoms with Crippen LogP contribution in [0, 0.1) is 0 Å². The highest BCUT2D eigenvalue weighted by Crippen LogP contribution is 2.19. The van der Waals surface area contributed by atoms with E-state index in [9.17, 15) is 9.59 Å². The fourth-order valence-corrected chi connectivity index (χ4v) is 2.75. The van der Waals surface area contributed by atoms with Crippen LogP contribution in [0.3, 0.4) is 0 Å². The van der Waals surface area contributed by atoms with Gasteiger partial charge in [-0.2, -0.15) is 0 Å². The summed E-state index contributed by atoms with van der Waals surface area (Å²) in [5, 5.41) is 0.688. The van der Waals surface area contributed by atoms with Gasteiger partial charge in [0.15, 0.2) is 0 Å². The second-order valence-corrected chi connectivity index (χ2v) is 5.69. The van der Waals surface area contributed by atoms with Crippen LogP contribution in [0.15, 0.2) is 33.9 Å². The van der Waals surface area contributed by atoms with E-state index in [2.05, 4.69) is 4.98 Å². The van der Waals surface area contributed by atoms with Crippen molar-refractivity contribution in [2.24, 2.45) is 0 Å². The Morgan fingerprint density at radius 2 is 2.00 bits per heavy atom. The van der Waals surface area contributed by atoms with Crippen molar-refractivity contribution in [1.82, 2.24) is 9.55 Å². The van der Waals surface area contributed by atoms with E-state index < -0.39 is 11.7 Å². The van der Waals surface area contributed by atoms with Crippen molar-refractivity contribution < 1.29 is 0 Å². The summed E-state index contributed by atoms with van der Waals surface area (Å²) >= 11 is 11.9. The number of H-pyrrole nitrogens is 1. The zero-order chi connectivity index (χ0) is 15.6. The molecule has 2 rings (SSSR count). The molecule has 1 N–H and O–H groups in total. The number of nitrogens with zero attached hydrogens (tertiary/aromatic N) is 1. The quantitative estimate of drug-likeness (QED) is 0.875. The van der Waals surface area contributed by atoms with Crippen molar-refractivity contribution in [1.29, 1.82) is 0 Å². The van der Waals surface area contributed by atoms with Gasteiger partial charge in [0.2, 0.25) is 0 Å². The highest BCUT2D eigenvalue weighted by molar-refractivity contribution is 6.30. The van der Waals surface area contributed by atoms with Crippen LogP contribution in [-0.4, -0.2) is 9.55 Å². The molecule has 2 aromatic rings. The molecule has 0 amide bonds. The molecule has 1 heterocycles. The first-order valence-corrected chi connectivity index (χ1v) is 7.50. The predicted molar refractivity (Wildman–Crippen MR) is 85.6 cm³/mol. The molecule has 21 heavy (non-hydrogen) atoms. The van der Waals surface area contributed by atoms with Gasteiger partial charge in [-0.25, -0.2) is 4.79 Å². The van der Waals surface area contributed by atoms with Crippen LogP contribution in [0.5, 0.6) is 0 Å². The van der Waals surface area contributed by atoms with Gasteiger partial charge in [0, 0.05) is 5.02 Å². The first kappa shape index (κ1) is 15.9. The Morgan fingerprint density at radius 3 is 2.62 bits per heavy atom. The normalized spacial score (nSPS) is 12.4. The third-order valence-corrected chi connectivity index (χ3v) is 3.95. The van der Waals surface area contributed by atoms with E-state index in [1.54, 1.807) is 25.1 Å². The maximum Gasteiger partial charge on any atom is 0.330 e. The highest BCUT2D eigenvalue weighted by Gasteiger charge is 2.17. The molecule has 1 atom stereocenters. The Morgan fingerprint density at radius 1 is 1.29 bits per heavy atom. The number of aromatic amines is 1. The van der Waals surface area contributed by atoms with Gasteiger partial charge in [-0.3, -0.25) is 14.3 Å². The molecule has 0 saturated heterocycles. The van der Waals surface area contributed by atoms with Crippen molar-refractivity contribution in [3.8, 4) is 0 Å². The van der Waals surface area contributed by atoms with E-state index in [4.69, 9.17) is 23.2 Å². The van der Waals surface area contributed by atoms with Crippen molar-refractivity contribution in [2.45, 2.75) is 32.7 Å². The van der Waals surface area contributed by atoms with Crippen LogP contribution in [0.4, 0.5) is 0 Å². The molecular weight excluding hydrogens is 311 g/mol. The van der Waals surface area contributed by atoms with Crippen LogP contribution >= 0.6 is 23.2 Å². The van der Waals surface area contributed by atoms with Crippen LogP contribution in [0.1, 0.15) is 37.4 Å². The average molecular weight is 327 g/mol. The van der Waals surface area contributed by atoms with E-state index in [1.807, 2.05) is 13.0 Å². The lowest BCUT2D eigenvalue weighted by Gasteiger charge is -2.16. The van der Waals surface area contributed by atoms with Gasteiger partial charge in [0.05, 0.1) is 11.6 Å². The maximum atomic E-state index is 12.5. The van der Waals surface area contributed by atoms with E-state index in [0.29, 0.717) is 17.0 Å². The first-order valence-electron chi connectivity index (χ1n) is 6.74. The molecule has 0 fully saturated rings. The molecule has 0 aliphatic rings. The second-order valence-electron chi connectivity index (χ2n) is 4.88. The standard InChI is InChI=1S/C15H16Cl2N2O2/c1-3-5-12-13(17)18-15(21)19(14(12)20)9(2)10-6-4-7-11(16)8-10/h4,6-9H,3,5H2,1-2H3,(H,18,21). The SMILES string of the molecule is CCCc1c(Cl)[nH]c(=O)n(C(C)c2cccc(Cl)c2)c1=O. The number of hydrogen-bond donors (Lipinski definition) is 1. The Hall–Kier alpha value is -1.52. The average Bonchev–Trinajstić information content (AvgIpc) is 2.43. The van der Waals surface area contributed by atoms with Gasteiger partial charge >= 0.3 is 5.69 Å². The summed E-state index contributed by atoms with van der Waals surface area (Å²) in [7, 11) is 0. The lowest BCUT2D eigenvalue weighted by atomic mass is 10.1. The van der Waals surface area contributed by atoms with Crippen LogP contribution in [-0.2, 0) is 6.42 Å². The number of nitrogens with one attached hydrogen (secondary N) is 1. The maximum absolute atomic E-state index is 12.5. The minimum absolute atomic E-state index is 0.126. The first-order chi connectivity index (χ1) is 9.95. The minimum Gasteiger partial charge on any atom is -0.297 e. The number of benzene rings is 1. The molecule has 0 saturated carbocycles. The van der Waals surface area contributed by atoms with Crippen molar-refractivity contribution in [3.63, 3.8) is 0 Å². The molecule has 0 radical (unpaired) electrons. The smallest absolute Gasteiger partial charge is 0.297 e. The summed E-state index contributed by atoms with van der Waals surface area (Å²) in [4.78, 5) is 27.2. The molecule has 0 aliphatic heterocycles. The van der Waals surface area contributed by atoms with Gasteiger partial charge in [-0.15, -0.1) is 0 Å². The van der Waals surface area contributed by atoms with E-state index in [0.717, 1.165) is 12.0 Å². The van der Waals surface area contributed by atoms with Gasteiger partial charge in [0.1, 0.15) is 5.15 Å². The van der Waals surface area contributed by atoms with Crippen molar-refractivity contribution in [3.05, 3.63) is 66.4 Å². The van der Waals surface area contributed by atoms with Gasteiger partial charge in [0.25, 0.3) is 5.56 Å². The van der Waals surface area contributed by atoms with Crippen molar-refractivity contribution in [2.75, 3.05) is 0 Å². The van der Waals surface area contributed by atoms with Crippen LogP contribution in [0.25, 0.3) is 0 Å². The number of hydrogen-bond acceptors (Lipinski definition) is 2. The highest BCUT2D eigenvalue weighted by atomic mass is 35.5. The monoisotopic (exact) mass is 326 g/mol. The molecule has 1 aromatic heterocycles. The van der Waals surface area contributed by atoms with Gasteiger partial charge < -0.3 is 0 Å². The molecule has 1 aromatic carbocycles. The molecule has 1 unspecified atom stereocenters. The molecule has 0 aliphatic carbocycles. The summed E-state index contributed by atoms with van der Waals surface area (Å²) in [6.45, 7) is 3.73. The minimum atomic E-state index is -0.516. The predicted octanol–water partition coefficient (Wildman–Crippen LogP) is 3.41. The molecule has 112 valence electrons. The lowest BCUT2D eigenvalue weighted by molar-refractivity contribution is 0.570. The Balaban J connectivity index is 2.61.